The fraction of sp³-hybridized carbons (Fsp3) is 0.471. The Bertz CT molecular complexity index is 701. The number of benzene rings is 1. The van der Waals surface area contributed by atoms with Crippen molar-refractivity contribution in [3.63, 3.8) is 0 Å². The third-order valence-corrected chi connectivity index (χ3v) is 4.62. The second-order valence-corrected chi connectivity index (χ2v) is 6.13. The monoisotopic (exact) mass is 349 g/mol. The summed E-state index contributed by atoms with van der Waals surface area (Å²) in [6.45, 7) is 2.35. The average molecular weight is 349 g/mol. The number of hydrogen-bond acceptors (Lipinski definition) is 5. The van der Waals surface area contributed by atoms with Crippen LogP contribution < -0.4 is 9.47 Å². The largest absolute Gasteiger partial charge is 0.481 e. The molecular weight excluding hydrogens is 330 g/mol. The lowest BCUT2D eigenvalue weighted by Gasteiger charge is -2.18. The SMILES string of the molecule is CC(=O)N1CCc2c(c(CC(=O)O)c3c(c2CC(=O)O)OCO3)CC1. The first-order valence-corrected chi connectivity index (χ1v) is 8.02. The molecule has 134 valence electrons. The van der Waals surface area contributed by atoms with Crippen molar-refractivity contribution >= 4 is 17.8 Å². The molecule has 2 N–H and O–H groups in total. The van der Waals surface area contributed by atoms with Gasteiger partial charge in [-0.25, -0.2) is 0 Å². The van der Waals surface area contributed by atoms with Crippen molar-refractivity contribution in [2.75, 3.05) is 19.9 Å². The lowest BCUT2D eigenvalue weighted by atomic mass is 9.88. The van der Waals surface area contributed by atoms with Gasteiger partial charge in [0.2, 0.25) is 12.7 Å². The van der Waals surface area contributed by atoms with Crippen LogP contribution in [0.25, 0.3) is 0 Å². The smallest absolute Gasteiger partial charge is 0.307 e. The van der Waals surface area contributed by atoms with Crippen molar-refractivity contribution in [3.8, 4) is 11.5 Å². The molecule has 1 aromatic rings. The van der Waals surface area contributed by atoms with E-state index in [1.807, 2.05) is 0 Å². The topological polar surface area (TPSA) is 113 Å². The quantitative estimate of drug-likeness (QED) is 0.819. The Morgan fingerprint density at radius 1 is 0.920 bits per heavy atom. The van der Waals surface area contributed by atoms with Gasteiger partial charge in [-0.1, -0.05) is 0 Å². The Hall–Kier alpha value is -2.77. The van der Waals surface area contributed by atoms with Gasteiger partial charge in [0.25, 0.3) is 0 Å². The van der Waals surface area contributed by atoms with Gasteiger partial charge in [0.1, 0.15) is 0 Å². The molecule has 0 atom stereocenters. The Morgan fingerprint density at radius 2 is 1.36 bits per heavy atom. The summed E-state index contributed by atoms with van der Waals surface area (Å²) in [5.74, 6) is -1.41. The van der Waals surface area contributed by atoms with E-state index in [4.69, 9.17) is 9.47 Å². The van der Waals surface area contributed by atoms with Crippen molar-refractivity contribution in [2.45, 2.75) is 32.6 Å². The summed E-state index contributed by atoms with van der Waals surface area (Å²) in [5.41, 5.74) is 2.59. The molecule has 1 aromatic carbocycles. The Kier molecular flexibility index (Phi) is 4.52. The minimum Gasteiger partial charge on any atom is -0.481 e. The molecule has 8 heteroatoms. The van der Waals surface area contributed by atoms with E-state index in [1.165, 1.54) is 6.92 Å². The van der Waals surface area contributed by atoms with Gasteiger partial charge in [0, 0.05) is 31.1 Å². The van der Waals surface area contributed by atoms with Crippen LogP contribution in [0.2, 0.25) is 0 Å². The number of carbonyl (C=O) groups excluding carboxylic acids is 1. The van der Waals surface area contributed by atoms with E-state index in [-0.39, 0.29) is 25.5 Å². The van der Waals surface area contributed by atoms with Crippen LogP contribution in [-0.2, 0) is 40.1 Å². The van der Waals surface area contributed by atoms with E-state index in [0.717, 1.165) is 11.1 Å². The van der Waals surface area contributed by atoms with Crippen LogP contribution in [0.15, 0.2) is 0 Å². The van der Waals surface area contributed by atoms with Crippen LogP contribution in [-0.4, -0.2) is 52.8 Å². The third-order valence-electron chi connectivity index (χ3n) is 4.62. The molecule has 0 aliphatic carbocycles. The molecule has 25 heavy (non-hydrogen) atoms. The van der Waals surface area contributed by atoms with Crippen molar-refractivity contribution in [1.82, 2.24) is 4.90 Å². The molecule has 1 amide bonds. The van der Waals surface area contributed by atoms with Crippen LogP contribution in [0.4, 0.5) is 0 Å². The number of nitrogens with zero attached hydrogens (tertiary/aromatic N) is 1. The number of aliphatic carboxylic acids is 2. The van der Waals surface area contributed by atoms with Gasteiger partial charge in [-0.2, -0.15) is 0 Å². The molecule has 3 rings (SSSR count). The predicted molar refractivity (Wildman–Crippen MR) is 84.9 cm³/mol. The first-order valence-electron chi connectivity index (χ1n) is 8.02. The Morgan fingerprint density at radius 3 is 1.72 bits per heavy atom. The minimum absolute atomic E-state index is 0.0585. The molecule has 0 unspecified atom stereocenters. The van der Waals surface area contributed by atoms with Crippen LogP contribution in [0.1, 0.15) is 29.2 Å². The third kappa shape index (κ3) is 3.24. The number of fused-ring (bicyclic) bond motifs is 2. The maximum atomic E-state index is 11.7. The maximum absolute atomic E-state index is 11.7. The summed E-state index contributed by atoms with van der Waals surface area (Å²) in [7, 11) is 0. The van der Waals surface area contributed by atoms with E-state index in [2.05, 4.69) is 0 Å². The summed E-state index contributed by atoms with van der Waals surface area (Å²) in [5, 5.41) is 18.5. The molecule has 0 radical (unpaired) electrons. The van der Waals surface area contributed by atoms with E-state index < -0.39 is 11.9 Å². The van der Waals surface area contributed by atoms with Crippen molar-refractivity contribution < 1.29 is 34.1 Å². The summed E-state index contributed by atoms with van der Waals surface area (Å²) >= 11 is 0. The molecule has 0 spiro atoms. The van der Waals surface area contributed by atoms with Crippen molar-refractivity contribution in [3.05, 3.63) is 22.3 Å². The number of rotatable bonds is 4. The van der Waals surface area contributed by atoms with Crippen molar-refractivity contribution in [1.29, 1.82) is 0 Å². The van der Waals surface area contributed by atoms with Crippen LogP contribution in [0, 0.1) is 0 Å². The summed E-state index contributed by atoms with van der Waals surface area (Å²) in [6, 6.07) is 0. The number of amides is 1. The molecule has 2 aliphatic rings. The zero-order chi connectivity index (χ0) is 18.1. The highest BCUT2D eigenvalue weighted by atomic mass is 16.7. The molecule has 0 aromatic heterocycles. The molecular formula is C17H19NO7. The zero-order valence-corrected chi connectivity index (χ0v) is 13.8. The first-order chi connectivity index (χ1) is 11.9. The van der Waals surface area contributed by atoms with E-state index in [1.54, 1.807) is 4.90 Å². The van der Waals surface area contributed by atoms with Crippen LogP contribution in [0.3, 0.4) is 0 Å². The lowest BCUT2D eigenvalue weighted by Crippen LogP contribution is -2.31. The van der Waals surface area contributed by atoms with Gasteiger partial charge >= 0.3 is 11.9 Å². The van der Waals surface area contributed by atoms with Gasteiger partial charge in [0.05, 0.1) is 12.8 Å². The van der Waals surface area contributed by atoms with Gasteiger partial charge in [-0.3, -0.25) is 14.4 Å². The highest BCUT2D eigenvalue weighted by Gasteiger charge is 2.32. The number of hydrogen-bond donors (Lipinski definition) is 2. The molecule has 8 nitrogen and oxygen atoms in total. The van der Waals surface area contributed by atoms with Crippen molar-refractivity contribution in [2.24, 2.45) is 0 Å². The number of carboxylic acids is 2. The van der Waals surface area contributed by atoms with Gasteiger partial charge in [0.15, 0.2) is 11.5 Å². The molecule has 2 heterocycles. The minimum atomic E-state index is -1.00. The molecule has 0 saturated heterocycles. The number of ether oxygens (including phenoxy) is 2. The van der Waals surface area contributed by atoms with E-state index in [9.17, 15) is 24.6 Å². The fourth-order valence-electron chi connectivity index (χ4n) is 3.57. The molecule has 0 saturated carbocycles. The second-order valence-electron chi connectivity index (χ2n) is 6.13. The first kappa shape index (κ1) is 17.1. The summed E-state index contributed by atoms with van der Waals surface area (Å²) in [4.78, 5) is 36.0. The molecule has 0 fully saturated rings. The Labute approximate surface area is 143 Å². The molecule has 2 aliphatic heterocycles. The van der Waals surface area contributed by atoms with Gasteiger partial charge < -0.3 is 24.6 Å². The van der Waals surface area contributed by atoms with E-state index >= 15 is 0 Å². The number of carboxylic acid groups (broad SMARTS) is 2. The zero-order valence-electron chi connectivity index (χ0n) is 13.8. The van der Waals surface area contributed by atoms with E-state index in [0.29, 0.717) is 48.6 Å². The van der Waals surface area contributed by atoms with Gasteiger partial charge in [-0.05, 0) is 24.0 Å². The summed E-state index contributed by atoms with van der Waals surface area (Å²) < 4.78 is 10.9. The second kappa shape index (κ2) is 6.62. The average Bonchev–Trinajstić information content (AvgIpc) is 2.89. The predicted octanol–water partition coefficient (Wildman–Crippen LogP) is 0.617. The highest BCUT2D eigenvalue weighted by molar-refractivity contribution is 5.78. The highest BCUT2D eigenvalue weighted by Crippen LogP contribution is 2.45. The molecule has 0 bridgehead atoms. The van der Waals surface area contributed by atoms with Crippen LogP contribution in [0.5, 0.6) is 11.5 Å². The number of carbonyl (C=O) groups is 3. The standard InChI is InChI=1S/C17H19NO7/c1-9(19)18-4-2-10-11(3-5-18)13(7-15(22)23)17-16(24-8-25-17)12(10)6-14(20)21/h2-8H2,1H3,(H,20,21)(H,22,23). The fourth-order valence-corrected chi connectivity index (χ4v) is 3.57. The lowest BCUT2D eigenvalue weighted by molar-refractivity contribution is -0.137. The van der Waals surface area contributed by atoms with Gasteiger partial charge in [-0.15, -0.1) is 0 Å². The summed E-state index contributed by atoms with van der Waals surface area (Å²) in [6.07, 6.45) is 0.449. The maximum Gasteiger partial charge on any atom is 0.307 e. The Balaban J connectivity index is 2.16. The normalized spacial score (nSPS) is 15.5. The van der Waals surface area contributed by atoms with Crippen LogP contribution >= 0.6 is 0 Å².